The van der Waals surface area contributed by atoms with E-state index in [2.05, 4.69) is 20.2 Å². The SMILES string of the molecule is NC1CCCC1N1CCN(c2nccs2)CC1. The average molecular weight is 252 g/mol. The molecule has 17 heavy (non-hydrogen) atoms. The quantitative estimate of drug-likeness (QED) is 0.857. The third kappa shape index (κ3) is 2.32. The Bertz CT molecular complexity index is 345. The Hall–Kier alpha value is -0.650. The van der Waals surface area contributed by atoms with Crippen molar-refractivity contribution in [1.82, 2.24) is 9.88 Å². The summed E-state index contributed by atoms with van der Waals surface area (Å²) >= 11 is 1.74. The Kier molecular flexibility index (Phi) is 3.31. The highest BCUT2D eigenvalue weighted by Crippen LogP contribution is 2.25. The molecule has 4 nitrogen and oxygen atoms in total. The minimum atomic E-state index is 0.404. The number of nitrogens with two attached hydrogens (primary N) is 1. The molecule has 1 saturated carbocycles. The van der Waals surface area contributed by atoms with E-state index < -0.39 is 0 Å². The van der Waals surface area contributed by atoms with Crippen molar-refractivity contribution in [3.8, 4) is 0 Å². The molecule has 1 saturated heterocycles. The van der Waals surface area contributed by atoms with Gasteiger partial charge in [0.2, 0.25) is 0 Å². The summed E-state index contributed by atoms with van der Waals surface area (Å²) < 4.78 is 0. The van der Waals surface area contributed by atoms with Crippen molar-refractivity contribution in [2.24, 2.45) is 5.73 Å². The first-order valence-electron chi connectivity index (χ1n) is 6.48. The zero-order valence-corrected chi connectivity index (χ0v) is 10.9. The highest BCUT2D eigenvalue weighted by Gasteiger charge is 2.31. The summed E-state index contributed by atoms with van der Waals surface area (Å²) in [5.41, 5.74) is 6.17. The molecule has 2 unspecified atom stereocenters. The number of hydrogen-bond acceptors (Lipinski definition) is 5. The second kappa shape index (κ2) is 4.92. The van der Waals surface area contributed by atoms with Gasteiger partial charge in [-0.15, -0.1) is 11.3 Å². The second-order valence-corrected chi connectivity index (χ2v) is 5.87. The third-order valence-electron chi connectivity index (χ3n) is 4.00. The molecule has 2 aliphatic rings. The fraction of sp³-hybridized carbons (Fsp3) is 0.750. The smallest absolute Gasteiger partial charge is 0.185 e. The van der Waals surface area contributed by atoms with Crippen molar-refractivity contribution in [1.29, 1.82) is 0 Å². The molecule has 1 aromatic heterocycles. The van der Waals surface area contributed by atoms with E-state index in [4.69, 9.17) is 5.73 Å². The van der Waals surface area contributed by atoms with Crippen LogP contribution in [0.25, 0.3) is 0 Å². The number of nitrogens with zero attached hydrogens (tertiary/aromatic N) is 3. The monoisotopic (exact) mass is 252 g/mol. The number of aromatic nitrogens is 1. The Morgan fingerprint density at radius 1 is 1.24 bits per heavy atom. The van der Waals surface area contributed by atoms with Gasteiger partial charge < -0.3 is 10.6 Å². The summed E-state index contributed by atoms with van der Waals surface area (Å²) in [7, 11) is 0. The van der Waals surface area contributed by atoms with Crippen LogP contribution in [0.2, 0.25) is 0 Å². The fourth-order valence-electron chi connectivity index (χ4n) is 3.04. The van der Waals surface area contributed by atoms with E-state index in [0.717, 1.165) is 26.2 Å². The Morgan fingerprint density at radius 2 is 2.06 bits per heavy atom. The van der Waals surface area contributed by atoms with Crippen molar-refractivity contribution < 1.29 is 0 Å². The Morgan fingerprint density at radius 3 is 2.65 bits per heavy atom. The van der Waals surface area contributed by atoms with Gasteiger partial charge in [-0.05, 0) is 12.8 Å². The highest BCUT2D eigenvalue weighted by molar-refractivity contribution is 7.13. The van der Waals surface area contributed by atoms with E-state index in [1.165, 1.54) is 24.4 Å². The maximum absolute atomic E-state index is 6.17. The van der Waals surface area contributed by atoms with Gasteiger partial charge in [0.25, 0.3) is 0 Å². The Balaban J connectivity index is 1.57. The lowest BCUT2D eigenvalue weighted by Gasteiger charge is -2.39. The molecule has 1 aliphatic heterocycles. The van der Waals surface area contributed by atoms with Gasteiger partial charge in [-0.3, -0.25) is 4.90 Å². The van der Waals surface area contributed by atoms with E-state index in [0.29, 0.717) is 12.1 Å². The molecule has 1 aromatic rings. The zero-order chi connectivity index (χ0) is 11.7. The Labute approximate surface area is 106 Å². The molecule has 1 aliphatic carbocycles. The molecule has 94 valence electrons. The van der Waals surface area contributed by atoms with Crippen LogP contribution in [-0.2, 0) is 0 Å². The van der Waals surface area contributed by atoms with Crippen molar-refractivity contribution in [3.05, 3.63) is 11.6 Å². The van der Waals surface area contributed by atoms with Crippen LogP contribution in [0.4, 0.5) is 5.13 Å². The predicted octanol–water partition coefficient (Wildman–Crippen LogP) is 1.14. The van der Waals surface area contributed by atoms with Gasteiger partial charge in [0.15, 0.2) is 5.13 Å². The number of thiazole rings is 1. The van der Waals surface area contributed by atoms with Crippen molar-refractivity contribution in [2.45, 2.75) is 31.3 Å². The first kappa shape index (κ1) is 11.4. The van der Waals surface area contributed by atoms with Crippen LogP contribution in [0.5, 0.6) is 0 Å². The summed E-state index contributed by atoms with van der Waals surface area (Å²) in [6.07, 6.45) is 5.69. The largest absolute Gasteiger partial charge is 0.346 e. The van der Waals surface area contributed by atoms with E-state index in [9.17, 15) is 0 Å². The molecule has 2 N–H and O–H groups in total. The predicted molar refractivity (Wildman–Crippen MR) is 71.5 cm³/mol. The molecule has 0 radical (unpaired) electrons. The number of hydrogen-bond donors (Lipinski definition) is 1. The number of anilines is 1. The van der Waals surface area contributed by atoms with Crippen LogP contribution in [0.15, 0.2) is 11.6 Å². The second-order valence-electron chi connectivity index (χ2n) is 5.00. The van der Waals surface area contributed by atoms with Crippen LogP contribution in [0.3, 0.4) is 0 Å². The molecule has 2 heterocycles. The standard InChI is InChI=1S/C12H20N4S/c13-10-2-1-3-11(10)15-5-7-16(8-6-15)12-14-4-9-17-12/h4,9-11H,1-3,5-8,13H2. The molecular weight excluding hydrogens is 232 g/mol. The fourth-order valence-corrected chi connectivity index (χ4v) is 3.74. The summed E-state index contributed by atoms with van der Waals surface area (Å²) in [5, 5.41) is 3.22. The van der Waals surface area contributed by atoms with Crippen molar-refractivity contribution in [3.63, 3.8) is 0 Å². The van der Waals surface area contributed by atoms with E-state index >= 15 is 0 Å². The summed E-state index contributed by atoms with van der Waals surface area (Å²) in [6.45, 7) is 4.46. The summed E-state index contributed by atoms with van der Waals surface area (Å²) in [4.78, 5) is 9.35. The third-order valence-corrected chi connectivity index (χ3v) is 4.84. The molecular formula is C12H20N4S. The van der Waals surface area contributed by atoms with Crippen molar-refractivity contribution in [2.75, 3.05) is 31.1 Å². The first-order chi connectivity index (χ1) is 8.34. The van der Waals surface area contributed by atoms with Crippen LogP contribution in [0.1, 0.15) is 19.3 Å². The number of piperazine rings is 1. The topological polar surface area (TPSA) is 45.4 Å². The molecule has 2 fully saturated rings. The molecule has 2 atom stereocenters. The molecule has 0 aromatic carbocycles. The first-order valence-corrected chi connectivity index (χ1v) is 7.36. The van der Waals surface area contributed by atoms with E-state index in [1.807, 2.05) is 6.20 Å². The normalized spacial score (nSPS) is 31.0. The van der Waals surface area contributed by atoms with Crippen molar-refractivity contribution >= 4 is 16.5 Å². The van der Waals surface area contributed by atoms with Crippen LogP contribution in [0, 0.1) is 0 Å². The lowest BCUT2D eigenvalue weighted by atomic mass is 10.1. The lowest BCUT2D eigenvalue weighted by Crippen LogP contribution is -2.53. The summed E-state index contributed by atoms with van der Waals surface area (Å²) in [6, 6.07) is 1.04. The van der Waals surface area contributed by atoms with Gasteiger partial charge in [0.1, 0.15) is 0 Å². The average Bonchev–Trinajstić information content (AvgIpc) is 3.00. The molecule has 5 heteroatoms. The molecule has 0 spiro atoms. The van der Waals surface area contributed by atoms with E-state index in [1.54, 1.807) is 11.3 Å². The maximum atomic E-state index is 6.17. The molecule has 0 amide bonds. The van der Waals surface area contributed by atoms with Gasteiger partial charge in [0.05, 0.1) is 0 Å². The highest BCUT2D eigenvalue weighted by atomic mass is 32.1. The lowest BCUT2D eigenvalue weighted by molar-refractivity contribution is 0.175. The zero-order valence-electron chi connectivity index (χ0n) is 10.1. The van der Waals surface area contributed by atoms with Crippen LogP contribution in [-0.4, -0.2) is 48.1 Å². The van der Waals surface area contributed by atoms with Gasteiger partial charge in [-0.2, -0.15) is 0 Å². The minimum Gasteiger partial charge on any atom is -0.346 e. The van der Waals surface area contributed by atoms with Crippen LogP contribution < -0.4 is 10.6 Å². The maximum Gasteiger partial charge on any atom is 0.185 e. The molecule has 0 bridgehead atoms. The summed E-state index contributed by atoms with van der Waals surface area (Å²) in [5.74, 6) is 0. The van der Waals surface area contributed by atoms with Gasteiger partial charge in [-0.1, -0.05) is 6.42 Å². The molecule has 3 rings (SSSR count). The van der Waals surface area contributed by atoms with Crippen LogP contribution >= 0.6 is 11.3 Å². The number of rotatable bonds is 2. The van der Waals surface area contributed by atoms with E-state index in [-0.39, 0.29) is 0 Å². The van der Waals surface area contributed by atoms with Gasteiger partial charge in [0, 0.05) is 49.8 Å². The van der Waals surface area contributed by atoms with Gasteiger partial charge >= 0.3 is 0 Å². The van der Waals surface area contributed by atoms with Gasteiger partial charge in [-0.25, -0.2) is 4.98 Å². The minimum absolute atomic E-state index is 0.404.